The summed E-state index contributed by atoms with van der Waals surface area (Å²) < 4.78 is 57.7. The van der Waals surface area contributed by atoms with E-state index in [-0.39, 0.29) is 35.9 Å². The number of benzene rings is 1. The second kappa shape index (κ2) is 8.38. The fraction of sp³-hybridized carbons (Fsp3) is 0.320. The van der Waals surface area contributed by atoms with Gasteiger partial charge in [0.2, 0.25) is 11.8 Å². The Morgan fingerprint density at radius 3 is 2.47 bits per heavy atom. The van der Waals surface area contributed by atoms with Crippen LogP contribution in [0.25, 0.3) is 11.1 Å². The molecule has 5 rings (SSSR count). The van der Waals surface area contributed by atoms with Crippen molar-refractivity contribution in [3.8, 4) is 17.0 Å². The fourth-order valence-corrected chi connectivity index (χ4v) is 5.06. The molecule has 3 aromatic rings. The molecule has 1 amide bonds. The Balaban J connectivity index is 1.39. The Labute approximate surface area is 193 Å². The topological polar surface area (TPSA) is 55.3 Å². The highest BCUT2D eigenvalue weighted by molar-refractivity contribution is 6.01. The number of hydrogen-bond donors (Lipinski definition) is 0. The molecule has 4 unspecified atom stereocenters. The molecule has 3 heterocycles. The van der Waals surface area contributed by atoms with E-state index in [0.717, 1.165) is 18.7 Å². The predicted molar refractivity (Wildman–Crippen MR) is 115 cm³/mol. The van der Waals surface area contributed by atoms with Crippen LogP contribution >= 0.6 is 0 Å². The molecule has 1 aliphatic carbocycles. The van der Waals surface area contributed by atoms with Gasteiger partial charge < -0.3 is 9.64 Å². The highest BCUT2D eigenvalue weighted by atomic mass is 19.4. The molecular weight excluding hydrogens is 450 g/mol. The second-order valence-corrected chi connectivity index (χ2v) is 8.71. The number of amides is 1. The normalized spacial score (nSPS) is 23.9. The maximum absolute atomic E-state index is 13.7. The molecule has 2 aliphatic rings. The van der Waals surface area contributed by atoms with Crippen molar-refractivity contribution < 1.29 is 27.1 Å². The van der Waals surface area contributed by atoms with Crippen LogP contribution in [0.3, 0.4) is 0 Å². The van der Waals surface area contributed by atoms with Gasteiger partial charge in [-0.2, -0.15) is 17.6 Å². The van der Waals surface area contributed by atoms with E-state index in [4.69, 9.17) is 4.74 Å². The highest BCUT2D eigenvalue weighted by Gasteiger charge is 2.53. The first-order valence-electron chi connectivity index (χ1n) is 11.0. The van der Waals surface area contributed by atoms with Crippen molar-refractivity contribution in [1.29, 1.82) is 0 Å². The number of carbonyl (C=O) groups is 1. The van der Waals surface area contributed by atoms with Crippen LogP contribution in [0.15, 0.2) is 60.9 Å². The molecule has 1 aliphatic heterocycles. The molecule has 176 valence electrons. The van der Waals surface area contributed by atoms with Crippen LogP contribution < -0.4 is 4.74 Å². The minimum absolute atomic E-state index is 0.0164. The average Bonchev–Trinajstić information content (AvgIpc) is 3.36. The number of alkyl halides is 3. The Kier molecular flexibility index (Phi) is 5.50. The number of carbonyl (C=O) groups excluding carboxylic acids is 1. The lowest BCUT2D eigenvalue weighted by molar-refractivity contribution is -0.137. The minimum atomic E-state index is -4.47. The summed E-state index contributed by atoms with van der Waals surface area (Å²) in [5.41, 5.74) is 0.910. The van der Waals surface area contributed by atoms with E-state index in [1.54, 1.807) is 35.2 Å². The number of fused-ring (bicyclic) bond motifs is 2. The van der Waals surface area contributed by atoms with Gasteiger partial charge in [0.1, 0.15) is 6.10 Å². The number of ether oxygens (including phenoxy) is 1. The molecule has 1 saturated heterocycles. The first-order chi connectivity index (χ1) is 16.2. The monoisotopic (exact) mass is 471 g/mol. The number of pyridine rings is 2. The average molecular weight is 471 g/mol. The molecule has 1 aromatic carbocycles. The first-order valence-corrected chi connectivity index (χ1v) is 11.0. The zero-order chi connectivity index (χ0) is 24.0. The van der Waals surface area contributed by atoms with Crippen LogP contribution in [0.2, 0.25) is 0 Å². The van der Waals surface area contributed by atoms with Crippen molar-refractivity contribution in [2.45, 2.75) is 44.1 Å². The largest absolute Gasteiger partial charge is 0.472 e. The summed E-state index contributed by atoms with van der Waals surface area (Å²) in [6.07, 6.45) is -1.25. The number of hydrogen-bond acceptors (Lipinski definition) is 4. The van der Waals surface area contributed by atoms with Crippen molar-refractivity contribution in [2.24, 2.45) is 5.92 Å². The Morgan fingerprint density at radius 1 is 1.03 bits per heavy atom. The summed E-state index contributed by atoms with van der Waals surface area (Å²) in [6.45, 7) is 2.00. The Morgan fingerprint density at radius 2 is 1.82 bits per heavy atom. The van der Waals surface area contributed by atoms with Crippen LogP contribution in [0.1, 0.15) is 35.7 Å². The molecule has 34 heavy (non-hydrogen) atoms. The number of aromatic nitrogens is 2. The van der Waals surface area contributed by atoms with Crippen LogP contribution in [0.4, 0.5) is 17.6 Å². The third-order valence-electron chi connectivity index (χ3n) is 6.75. The molecule has 4 atom stereocenters. The fourth-order valence-electron chi connectivity index (χ4n) is 5.06. The third kappa shape index (κ3) is 3.99. The summed E-state index contributed by atoms with van der Waals surface area (Å²) in [4.78, 5) is 23.0. The lowest BCUT2D eigenvalue weighted by Gasteiger charge is -2.38. The zero-order valence-electron chi connectivity index (χ0n) is 18.2. The molecule has 1 saturated carbocycles. The van der Waals surface area contributed by atoms with Gasteiger partial charge in [0.15, 0.2) is 0 Å². The van der Waals surface area contributed by atoms with E-state index in [1.165, 1.54) is 18.3 Å². The van der Waals surface area contributed by atoms with Crippen molar-refractivity contribution in [1.82, 2.24) is 14.9 Å². The number of likely N-dealkylation sites (tertiary alicyclic amines) is 1. The van der Waals surface area contributed by atoms with E-state index < -0.39 is 17.7 Å². The molecule has 0 radical (unpaired) electrons. The molecule has 2 fully saturated rings. The summed E-state index contributed by atoms with van der Waals surface area (Å²) in [6, 6.07) is 11.8. The molecule has 0 spiro atoms. The smallest absolute Gasteiger partial charge is 0.417 e. The van der Waals surface area contributed by atoms with Gasteiger partial charge >= 0.3 is 6.18 Å². The van der Waals surface area contributed by atoms with Crippen LogP contribution in [0.5, 0.6) is 5.88 Å². The number of piperidine rings is 1. The Bertz CT molecular complexity index is 1200. The summed E-state index contributed by atoms with van der Waals surface area (Å²) in [7, 11) is 0. The van der Waals surface area contributed by atoms with Crippen LogP contribution in [-0.4, -0.2) is 39.0 Å². The van der Waals surface area contributed by atoms with E-state index in [2.05, 4.69) is 9.97 Å². The molecular formula is C25H21F4N3O2. The van der Waals surface area contributed by atoms with Crippen molar-refractivity contribution in [2.75, 3.05) is 0 Å². The van der Waals surface area contributed by atoms with E-state index >= 15 is 0 Å². The summed E-state index contributed by atoms with van der Waals surface area (Å²) in [5, 5.41) is 0. The lowest BCUT2D eigenvalue weighted by atomic mass is 9.96. The van der Waals surface area contributed by atoms with E-state index in [1.807, 2.05) is 6.92 Å². The van der Waals surface area contributed by atoms with Gasteiger partial charge in [-0.3, -0.25) is 4.79 Å². The van der Waals surface area contributed by atoms with Gasteiger partial charge in [-0.15, -0.1) is 0 Å². The zero-order valence-corrected chi connectivity index (χ0v) is 18.2. The number of halogens is 4. The minimum Gasteiger partial charge on any atom is -0.472 e. The van der Waals surface area contributed by atoms with Gasteiger partial charge in [-0.05, 0) is 55.5 Å². The SMILES string of the molecule is CC1C2CC(Oc3ccc(C(F)(F)F)cn3)C(C2)N1C(=O)c1ccccc1-c1ccc(F)nc1. The van der Waals surface area contributed by atoms with Gasteiger partial charge in [0.05, 0.1) is 11.6 Å². The maximum Gasteiger partial charge on any atom is 0.417 e. The molecule has 2 bridgehead atoms. The van der Waals surface area contributed by atoms with Crippen molar-refractivity contribution >= 4 is 5.91 Å². The second-order valence-electron chi connectivity index (χ2n) is 8.71. The standard InChI is InChI=1S/C25H21F4N3O2/c1-14-16-10-20(21(11-16)34-23-9-7-17(13-31-23)25(27,28)29)32(14)24(33)19-5-3-2-4-18(19)15-6-8-22(26)30-12-15/h2-9,12-14,16,20-21H,10-11H2,1H3. The lowest BCUT2D eigenvalue weighted by Crippen LogP contribution is -2.51. The predicted octanol–water partition coefficient (Wildman–Crippen LogP) is 5.37. The molecule has 2 aromatic heterocycles. The summed E-state index contributed by atoms with van der Waals surface area (Å²) in [5.74, 6) is -0.458. The maximum atomic E-state index is 13.7. The highest BCUT2D eigenvalue weighted by Crippen LogP contribution is 2.45. The van der Waals surface area contributed by atoms with E-state index in [9.17, 15) is 22.4 Å². The van der Waals surface area contributed by atoms with E-state index in [0.29, 0.717) is 23.1 Å². The molecule has 0 N–H and O–H groups in total. The quantitative estimate of drug-likeness (QED) is 0.379. The van der Waals surface area contributed by atoms with Gasteiger partial charge in [-0.25, -0.2) is 9.97 Å². The van der Waals surface area contributed by atoms with Crippen molar-refractivity contribution in [3.63, 3.8) is 0 Å². The number of nitrogens with zero attached hydrogens (tertiary/aromatic N) is 3. The summed E-state index contributed by atoms with van der Waals surface area (Å²) >= 11 is 0. The van der Waals surface area contributed by atoms with Crippen LogP contribution in [-0.2, 0) is 6.18 Å². The third-order valence-corrected chi connectivity index (χ3v) is 6.75. The van der Waals surface area contributed by atoms with Gasteiger partial charge in [0, 0.05) is 35.6 Å². The van der Waals surface area contributed by atoms with Gasteiger partial charge in [0.25, 0.3) is 5.91 Å². The first kappa shape index (κ1) is 22.3. The Hall–Kier alpha value is -3.49. The molecule has 5 nitrogen and oxygen atoms in total. The van der Waals surface area contributed by atoms with Crippen molar-refractivity contribution in [3.05, 3.63) is 78.0 Å². The number of rotatable bonds is 4. The molecule has 9 heteroatoms. The van der Waals surface area contributed by atoms with Crippen LogP contribution in [0, 0.1) is 11.9 Å². The van der Waals surface area contributed by atoms with Gasteiger partial charge in [-0.1, -0.05) is 18.2 Å².